The maximum Gasteiger partial charge on any atom is 0.261 e. The van der Waals surface area contributed by atoms with Gasteiger partial charge >= 0.3 is 0 Å². The Labute approximate surface area is 148 Å². The van der Waals surface area contributed by atoms with Crippen molar-refractivity contribution in [3.05, 3.63) is 17.0 Å². The molecule has 1 aromatic heterocycles. The maximum absolute atomic E-state index is 12.7. The average molecular weight is 374 g/mol. The summed E-state index contributed by atoms with van der Waals surface area (Å²) < 4.78 is 27.1. The molecule has 2 rings (SSSR count). The Balaban J connectivity index is 1.93. The van der Waals surface area contributed by atoms with Crippen LogP contribution >= 0.6 is 11.3 Å². The predicted molar refractivity (Wildman–Crippen MR) is 97.0 cm³/mol. The highest BCUT2D eigenvalue weighted by molar-refractivity contribution is 7.91. The van der Waals surface area contributed by atoms with Crippen molar-refractivity contribution < 1.29 is 13.2 Å². The van der Waals surface area contributed by atoms with Gasteiger partial charge in [-0.15, -0.1) is 11.3 Å². The summed E-state index contributed by atoms with van der Waals surface area (Å²) in [5, 5.41) is 6.01. The summed E-state index contributed by atoms with van der Waals surface area (Å²) in [7, 11) is -3.47. The minimum Gasteiger partial charge on any atom is -0.350 e. The monoisotopic (exact) mass is 373 g/mol. The van der Waals surface area contributed by atoms with E-state index in [9.17, 15) is 13.2 Å². The number of carbonyl (C=O) groups is 1. The van der Waals surface area contributed by atoms with E-state index in [1.807, 2.05) is 0 Å². The average Bonchev–Trinajstić information content (AvgIpc) is 3.06. The van der Waals surface area contributed by atoms with E-state index >= 15 is 0 Å². The second-order valence-electron chi connectivity index (χ2n) is 6.21. The van der Waals surface area contributed by atoms with Crippen LogP contribution in [-0.2, 0) is 10.0 Å². The molecule has 1 aliphatic rings. The highest BCUT2D eigenvalue weighted by atomic mass is 32.2. The van der Waals surface area contributed by atoms with Gasteiger partial charge in [0.15, 0.2) is 0 Å². The largest absolute Gasteiger partial charge is 0.350 e. The number of hydrogen-bond acceptors (Lipinski definition) is 5. The third-order valence-electron chi connectivity index (χ3n) is 4.16. The normalized spacial score (nSPS) is 17.1. The van der Waals surface area contributed by atoms with Crippen molar-refractivity contribution in [3.8, 4) is 0 Å². The molecule has 1 aliphatic heterocycles. The third kappa shape index (κ3) is 5.02. The zero-order valence-corrected chi connectivity index (χ0v) is 16.0. The first-order chi connectivity index (χ1) is 11.4. The molecule has 1 amide bonds. The summed E-state index contributed by atoms with van der Waals surface area (Å²) in [5.41, 5.74) is 0. The first kappa shape index (κ1) is 19.4. The number of nitrogens with one attached hydrogen (secondary N) is 2. The molecular weight excluding hydrogens is 346 g/mol. The highest BCUT2D eigenvalue weighted by Gasteiger charge is 2.29. The van der Waals surface area contributed by atoms with E-state index in [2.05, 4.69) is 24.5 Å². The van der Waals surface area contributed by atoms with Crippen LogP contribution in [0.5, 0.6) is 0 Å². The Kier molecular flexibility index (Phi) is 7.21. The summed E-state index contributed by atoms with van der Waals surface area (Å²) in [4.78, 5) is 12.5. The summed E-state index contributed by atoms with van der Waals surface area (Å²) >= 11 is 1.05. The fourth-order valence-electron chi connectivity index (χ4n) is 2.59. The van der Waals surface area contributed by atoms with Gasteiger partial charge in [-0.3, -0.25) is 4.79 Å². The van der Waals surface area contributed by atoms with Crippen LogP contribution in [0.15, 0.2) is 16.3 Å². The molecule has 1 saturated heterocycles. The van der Waals surface area contributed by atoms with Crippen molar-refractivity contribution in [2.75, 3.05) is 32.7 Å². The zero-order valence-electron chi connectivity index (χ0n) is 14.4. The Morgan fingerprint density at radius 1 is 1.25 bits per heavy atom. The Morgan fingerprint density at radius 3 is 2.62 bits per heavy atom. The van der Waals surface area contributed by atoms with Crippen LogP contribution < -0.4 is 10.6 Å². The summed E-state index contributed by atoms with van der Waals surface area (Å²) in [5.74, 6) is 0.356. The SMILES string of the molecule is CCCNCCNC(=O)c1ccc(S(=O)(=O)N2CCC(C)CC2)s1. The van der Waals surface area contributed by atoms with E-state index in [4.69, 9.17) is 0 Å². The van der Waals surface area contributed by atoms with Crippen molar-refractivity contribution in [1.82, 2.24) is 14.9 Å². The third-order valence-corrected chi connectivity index (χ3v) is 7.61. The summed E-state index contributed by atoms with van der Waals surface area (Å²) in [6.07, 6.45) is 2.83. The second-order valence-corrected chi connectivity index (χ2v) is 9.46. The number of rotatable bonds is 8. The van der Waals surface area contributed by atoms with Crippen molar-refractivity contribution in [3.63, 3.8) is 0 Å². The minimum absolute atomic E-state index is 0.216. The number of piperidine rings is 1. The Morgan fingerprint density at radius 2 is 1.96 bits per heavy atom. The smallest absolute Gasteiger partial charge is 0.261 e. The van der Waals surface area contributed by atoms with E-state index in [-0.39, 0.29) is 10.1 Å². The van der Waals surface area contributed by atoms with Gasteiger partial charge in [0.1, 0.15) is 4.21 Å². The molecule has 2 N–H and O–H groups in total. The van der Waals surface area contributed by atoms with Gasteiger partial charge in [0.05, 0.1) is 4.88 Å². The van der Waals surface area contributed by atoms with Crippen LogP contribution in [0.25, 0.3) is 0 Å². The van der Waals surface area contributed by atoms with Gasteiger partial charge in [-0.1, -0.05) is 13.8 Å². The quantitative estimate of drug-likeness (QED) is 0.682. The molecule has 2 heterocycles. The molecule has 0 spiro atoms. The van der Waals surface area contributed by atoms with Gasteiger partial charge in [-0.25, -0.2) is 8.42 Å². The van der Waals surface area contributed by atoms with Gasteiger partial charge in [0.25, 0.3) is 15.9 Å². The van der Waals surface area contributed by atoms with Crippen molar-refractivity contribution in [2.24, 2.45) is 5.92 Å². The van der Waals surface area contributed by atoms with Gasteiger partial charge in [0.2, 0.25) is 0 Å². The van der Waals surface area contributed by atoms with Crippen LogP contribution in [0.2, 0.25) is 0 Å². The fraction of sp³-hybridized carbons (Fsp3) is 0.688. The summed E-state index contributed by atoms with van der Waals surface area (Å²) in [6.45, 7) is 7.52. The molecule has 0 radical (unpaired) electrons. The number of thiophene rings is 1. The summed E-state index contributed by atoms with van der Waals surface area (Å²) in [6, 6.07) is 3.14. The maximum atomic E-state index is 12.7. The molecular formula is C16H27N3O3S2. The molecule has 0 saturated carbocycles. The van der Waals surface area contributed by atoms with E-state index < -0.39 is 10.0 Å². The number of sulfonamides is 1. The van der Waals surface area contributed by atoms with Gasteiger partial charge in [-0.05, 0) is 43.9 Å². The van der Waals surface area contributed by atoms with Gasteiger partial charge < -0.3 is 10.6 Å². The lowest BCUT2D eigenvalue weighted by Gasteiger charge is -2.28. The fourth-order valence-corrected chi connectivity index (χ4v) is 5.43. The molecule has 1 fully saturated rings. The van der Waals surface area contributed by atoms with Crippen LogP contribution in [-0.4, -0.2) is 51.4 Å². The van der Waals surface area contributed by atoms with Crippen LogP contribution in [0.1, 0.15) is 42.8 Å². The van der Waals surface area contributed by atoms with Gasteiger partial charge in [-0.2, -0.15) is 4.31 Å². The molecule has 0 bridgehead atoms. The molecule has 0 unspecified atom stereocenters. The second kappa shape index (κ2) is 8.94. The lowest BCUT2D eigenvalue weighted by molar-refractivity contribution is 0.0958. The van der Waals surface area contributed by atoms with Crippen LogP contribution in [0.4, 0.5) is 0 Å². The molecule has 0 aromatic carbocycles. The highest BCUT2D eigenvalue weighted by Crippen LogP contribution is 2.28. The van der Waals surface area contributed by atoms with Crippen molar-refractivity contribution in [2.45, 2.75) is 37.3 Å². The first-order valence-electron chi connectivity index (χ1n) is 8.54. The Bertz CT molecular complexity index is 635. The molecule has 136 valence electrons. The van der Waals surface area contributed by atoms with E-state index in [1.54, 1.807) is 12.1 Å². The molecule has 0 atom stereocenters. The molecule has 8 heteroatoms. The predicted octanol–water partition coefficient (Wildman–Crippen LogP) is 1.90. The van der Waals surface area contributed by atoms with Gasteiger partial charge in [0, 0.05) is 26.2 Å². The molecule has 6 nitrogen and oxygen atoms in total. The lowest BCUT2D eigenvalue weighted by atomic mass is 10.0. The van der Waals surface area contributed by atoms with E-state index in [0.717, 1.165) is 37.1 Å². The topological polar surface area (TPSA) is 78.5 Å². The first-order valence-corrected chi connectivity index (χ1v) is 10.8. The van der Waals surface area contributed by atoms with Crippen LogP contribution in [0, 0.1) is 5.92 Å². The van der Waals surface area contributed by atoms with Crippen LogP contribution in [0.3, 0.4) is 0 Å². The van der Waals surface area contributed by atoms with Crippen molar-refractivity contribution >= 4 is 27.3 Å². The molecule has 24 heavy (non-hydrogen) atoms. The number of carbonyl (C=O) groups excluding carboxylic acids is 1. The minimum atomic E-state index is -3.47. The Hall–Kier alpha value is -0.960. The standard InChI is InChI=1S/C16H27N3O3S2/c1-3-8-17-9-10-18-16(20)14-4-5-15(23-14)24(21,22)19-11-6-13(2)7-12-19/h4-5,13,17H,3,6-12H2,1-2H3,(H,18,20). The number of nitrogens with zero attached hydrogens (tertiary/aromatic N) is 1. The van der Waals surface area contributed by atoms with E-state index in [0.29, 0.717) is 37.0 Å². The lowest BCUT2D eigenvalue weighted by Crippen LogP contribution is -2.37. The van der Waals surface area contributed by atoms with Crippen molar-refractivity contribution in [1.29, 1.82) is 0 Å². The zero-order chi connectivity index (χ0) is 17.6. The van der Waals surface area contributed by atoms with E-state index in [1.165, 1.54) is 4.31 Å². The number of hydrogen-bond donors (Lipinski definition) is 2. The molecule has 1 aromatic rings. The molecule has 0 aliphatic carbocycles. The number of amides is 1.